The molecule has 0 radical (unpaired) electrons. The largest absolute Gasteiger partial charge is 0.326 e. The van der Waals surface area contributed by atoms with E-state index in [1.54, 1.807) is 0 Å². The van der Waals surface area contributed by atoms with E-state index in [4.69, 9.17) is 0 Å². The van der Waals surface area contributed by atoms with Gasteiger partial charge in [0.05, 0.1) is 11.7 Å². The molecule has 20 heavy (non-hydrogen) atoms. The van der Waals surface area contributed by atoms with E-state index in [0.717, 1.165) is 22.5 Å². The van der Waals surface area contributed by atoms with Crippen molar-refractivity contribution in [2.75, 3.05) is 5.32 Å². The highest BCUT2D eigenvalue weighted by Gasteiger charge is 2.12. The molecular formula is C16H21N3O. The minimum atomic E-state index is 0.00986. The van der Waals surface area contributed by atoms with Crippen molar-refractivity contribution in [3.05, 3.63) is 47.3 Å². The van der Waals surface area contributed by atoms with E-state index in [0.29, 0.717) is 6.42 Å². The maximum atomic E-state index is 12.1. The van der Waals surface area contributed by atoms with E-state index in [1.165, 1.54) is 0 Å². The van der Waals surface area contributed by atoms with Crippen molar-refractivity contribution in [2.24, 2.45) is 0 Å². The van der Waals surface area contributed by atoms with Crippen molar-refractivity contribution in [1.82, 2.24) is 9.78 Å². The zero-order valence-corrected chi connectivity index (χ0v) is 12.5. The van der Waals surface area contributed by atoms with Crippen LogP contribution in [-0.2, 0) is 4.79 Å². The average molecular weight is 271 g/mol. The van der Waals surface area contributed by atoms with Crippen LogP contribution in [0.2, 0.25) is 0 Å². The van der Waals surface area contributed by atoms with Gasteiger partial charge in [-0.25, -0.2) is 0 Å². The smallest absolute Gasteiger partial charge is 0.226 e. The molecule has 0 spiro atoms. The molecule has 4 nitrogen and oxygen atoms in total. The molecule has 0 saturated carbocycles. The lowest BCUT2D eigenvalue weighted by Crippen LogP contribution is -2.18. The topological polar surface area (TPSA) is 46.9 Å². The highest BCUT2D eigenvalue weighted by molar-refractivity contribution is 5.91. The molecule has 0 unspecified atom stereocenters. The Balaban J connectivity index is 1.98. The van der Waals surface area contributed by atoms with Gasteiger partial charge in [-0.2, -0.15) is 5.10 Å². The highest BCUT2D eigenvalue weighted by Crippen LogP contribution is 2.16. The summed E-state index contributed by atoms with van der Waals surface area (Å²) in [5.74, 6) is 0.00986. The summed E-state index contributed by atoms with van der Waals surface area (Å²) in [6.45, 7) is 7.99. The lowest BCUT2D eigenvalue weighted by molar-refractivity contribution is -0.116. The van der Waals surface area contributed by atoms with Gasteiger partial charge in [-0.3, -0.25) is 9.48 Å². The summed E-state index contributed by atoms with van der Waals surface area (Å²) in [7, 11) is 0. The Labute approximate surface area is 119 Å². The molecule has 1 heterocycles. The van der Waals surface area contributed by atoms with Gasteiger partial charge in [0.2, 0.25) is 5.91 Å². The predicted molar refractivity (Wildman–Crippen MR) is 80.8 cm³/mol. The zero-order valence-electron chi connectivity index (χ0n) is 12.5. The Morgan fingerprint density at radius 2 is 1.90 bits per heavy atom. The van der Waals surface area contributed by atoms with Crippen LogP contribution >= 0.6 is 0 Å². The first-order valence-electron chi connectivity index (χ1n) is 6.84. The molecule has 0 aliphatic rings. The molecule has 2 aromatic rings. The van der Waals surface area contributed by atoms with Crippen LogP contribution in [0, 0.1) is 20.8 Å². The van der Waals surface area contributed by atoms with Gasteiger partial charge in [0, 0.05) is 18.3 Å². The van der Waals surface area contributed by atoms with Gasteiger partial charge in [0.15, 0.2) is 0 Å². The van der Waals surface area contributed by atoms with E-state index in [9.17, 15) is 4.79 Å². The zero-order chi connectivity index (χ0) is 14.7. The predicted octanol–water partition coefficient (Wildman–Crippen LogP) is 3.40. The first-order chi connectivity index (χ1) is 9.44. The third kappa shape index (κ3) is 3.70. The van der Waals surface area contributed by atoms with Crippen molar-refractivity contribution in [3.63, 3.8) is 0 Å². The summed E-state index contributed by atoms with van der Waals surface area (Å²) in [5.41, 5.74) is 4.12. The fourth-order valence-corrected chi connectivity index (χ4v) is 2.30. The number of aromatic nitrogens is 2. The third-order valence-corrected chi connectivity index (χ3v) is 3.18. The molecule has 0 aliphatic carbocycles. The lowest BCUT2D eigenvalue weighted by Gasteiger charge is -2.13. The number of carbonyl (C=O) groups excluding carboxylic acids is 1. The number of amides is 1. The Bertz CT molecular complexity index is 596. The number of hydrogen-bond acceptors (Lipinski definition) is 2. The summed E-state index contributed by atoms with van der Waals surface area (Å²) in [6.07, 6.45) is 2.32. The molecule has 0 aliphatic heterocycles. The van der Waals surface area contributed by atoms with E-state index < -0.39 is 0 Å². The fourth-order valence-electron chi connectivity index (χ4n) is 2.30. The van der Waals surface area contributed by atoms with Crippen molar-refractivity contribution in [2.45, 2.75) is 40.2 Å². The van der Waals surface area contributed by atoms with Gasteiger partial charge in [-0.05, 0) is 57.0 Å². The minimum Gasteiger partial charge on any atom is -0.326 e. The highest BCUT2D eigenvalue weighted by atomic mass is 16.1. The van der Waals surface area contributed by atoms with Gasteiger partial charge in [0.25, 0.3) is 0 Å². The van der Waals surface area contributed by atoms with Gasteiger partial charge in [-0.1, -0.05) is 6.07 Å². The second kappa shape index (κ2) is 5.90. The van der Waals surface area contributed by atoms with Crippen molar-refractivity contribution >= 4 is 11.6 Å². The van der Waals surface area contributed by atoms with E-state index in [1.807, 2.05) is 56.8 Å². The first-order valence-corrected chi connectivity index (χ1v) is 6.84. The molecule has 1 aromatic heterocycles. The van der Waals surface area contributed by atoms with Crippen LogP contribution in [0.3, 0.4) is 0 Å². The maximum absolute atomic E-state index is 12.1. The molecule has 1 aromatic carbocycles. The molecule has 106 valence electrons. The normalized spacial score (nSPS) is 12.2. The molecule has 1 amide bonds. The summed E-state index contributed by atoms with van der Waals surface area (Å²) in [4.78, 5) is 12.1. The number of nitrogens with one attached hydrogen (secondary N) is 1. The first kappa shape index (κ1) is 14.3. The molecule has 1 atom stereocenters. The standard InChI is InChI=1S/C16H21N3O/c1-11-7-12(2)9-15(8-11)17-16(20)10-14(4)19-6-5-13(3)18-19/h5-9,14H,10H2,1-4H3,(H,17,20)/t14-/m1/s1. The molecule has 0 saturated heterocycles. The Morgan fingerprint density at radius 3 is 2.45 bits per heavy atom. The Kier molecular flexibility index (Phi) is 4.23. The number of benzene rings is 1. The van der Waals surface area contributed by atoms with E-state index >= 15 is 0 Å². The molecular weight excluding hydrogens is 250 g/mol. The Hall–Kier alpha value is -2.10. The second-order valence-electron chi connectivity index (χ2n) is 5.41. The van der Waals surface area contributed by atoms with Crippen LogP contribution in [0.15, 0.2) is 30.5 Å². The molecule has 0 fully saturated rings. The Morgan fingerprint density at radius 1 is 1.25 bits per heavy atom. The average Bonchev–Trinajstić information content (AvgIpc) is 2.74. The van der Waals surface area contributed by atoms with Crippen molar-refractivity contribution in [3.8, 4) is 0 Å². The van der Waals surface area contributed by atoms with Crippen LogP contribution < -0.4 is 5.32 Å². The summed E-state index contributed by atoms with van der Waals surface area (Å²) in [5, 5.41) is 7.29. The van der Waals surface area contributed by atoms with Crippen LogP contribution in [0.1, 0.15) is 36.2 Å². The SMILES string of the molecule is Cc1cc(C)cc(NC(=O)C[C@@H](C)n2ccc(C)n2)c1. The van der Waals surface area contributed by atoms with Crippen LogP contribution in [0.25, 0.3) is 0 Å². The van der Waals surface area contributed by atoms with Gasteiger partial charge < -0.3 is 5.32 Å². The number of nitrogens with zero attached hydrogens (tertiary/aromatic N) is 2. The fraction of sp³-hybridized carbons (Fsp3) is 0.375. The number of rotatable bonds is 4. The maximum Gasteiger partial charge on any atom is 0.226 e. The quantitative estimate of drug-likeness (QED) is 0.926. The molecule has 0 bridgehead atoms. The minimum absolute atomic E-state index is 0.00986. The van der Waals surface area contributed by atoms with Gasteiger partial charge >= 0.3 is 0 Å². The lowest BCUT2D eigenvalue weighted by atomic mass is 10.1. The van der Waals surface area contributed by atoms with E-state index in [-0.39, 0.29) is 11.9 Å². The number of anilines is 1. The number of hydrogen-bond donors (Lipinski definition) is 1. The molecule has 1 N–H and O–H groups in total. The van der Waals surface area contributed by atoms with E-state index in [2.05, 4.69) is 16.5 Å². The van der Waals surface area contributed by atoms with Crippen molar-refractivity contribution in [1.29, 1.82) is 0 Å². The second-order valence-corrected chi connectivity index (χ2v) is 5.41. The van der Waals surface area contributed by atoms with Gasteiger partial charge in [-0.15, -0.1) is 0 Å². The third-order valence-electron chi connectivity index (χ3n) is 3.18. The summed E-state index contributed by atoms with van der Waals surface area (Å²) < 4.78 is 1.83. The van der Waals surface area contributed by atoms with Crippen LogP contribution in [0.5, 0.6) is 0 Å². The number of aryl methyl sites for hydroxylation is 3. The van der Waals surface area contributed by atoms with Crippen LogP contribution in [-0.4, -0.2) is 15.7 Å². The summed E-state index contributed by atoms with van der Waals surface area (Å²) >= 11 is 0. The molecule has 4 heteroatoms. The van der Waals surface area contributed by atoms with Crippen LogP contribution in [0.4, 0.5) is 5.69 Å². The molecule has 2 rings (SSSR count). The number of carbonyl (C=O) groups is 1. The van der Waals surface area contributed by atoms with Crippen molar-refractivity contribution < 1.29 is 4.79 Å². The van der Waals surface area contributed by atoms with Gasteiger partial charge in [0.1, 0.15) is 0 Å². The monoisotopic (exact) mass is 271 g/mol. The summed E-state index contributed by atoms with van der Waals surface area (Å²) in [6, 6.07) is 8.04.